The summed E-state index contributed by atoms with van der Waals surface area (Å²) in [5.41, 5.74) is 2.07. The van der Waals surface area contributed by atoms with Crippen LogP contribution in [0.25, 0.3) is 10.9 Å². The van der Waals surface area contributed by atoms with Crippen LogP contribution in [0.5, 0.6) is 5.75 Å². The Bertz CT molecular complexity index is 1380. The number of amides is 3. The largest absolute Gasteiger partial charge is 0.508 e. The average molecular weight is 525 g/mol. The molecule has 3 amide bonds. The Morgan fingerprint density at radius 1 is 1.22 bits per heavy atom. The van der Waals surface area contributed by atoms with Gasteiger partial charge in [-0.1, -0.05) is 41.9 Å². The van der Waals surface area contributed by atoms with Gasteiger partial charge in [-0.15, -0.1) is 6.58 Å². The number of nitrogens with one attached hydrogen (secondary N) is 1. The maximum absolute atomic E-state index is 13.9. The van der Waals surface area contributed by atoms with Crippen molar-refractivity contribution in [3.63, 3.8) is 0 Å². The SMILES string of the molecule is C=CCN1CC(=O)N2[C@@H](Cc3ccc(O)cc3)C(=O)N(Cc3cccc4c(Cl)[nH]nc34)C[C@@H]2N1C(=O)O. The van der Waals surface area contributed by atoms with Crippen molar-refractivity contribution in [1.82, 2.24) is 30.0 Å². The molecule has 37 heavy (non-hydrogen) atoms. The molecule has 0 aliphatic carbocycles. The van der Waals surface area contributed by atoms with Crippen LogP contribution in [0.1, 0.15) is 11.1 Å². The Labute approximate surface area is 217 Å². The molecule has 2 aromatic carbocycles. The smallest absolute Gasteiger partial charge is 0.424 e. The van der Waals surface area contributed by atoms with Gasteiger partial charge in [-0.25, -0.2) is 14.8 Å². The number of nitrogens with zero attached hydrogens (tertiary/aromatic N) is 5. The Morgan fingerprint density at radius 2 is 1.97 bits per heavy atom. The summed E-state index contributed by atoms with van der Waals surface area (Å²) in [6, 6.07) is 10.9. The van der Waals surface area contributed by atoms with Crippen LogP contribution in [-0.2, 0) is 22.6 Å². The quantitative estimate of drug-likeness (QED) is 0.422. The van der Waals surface area contributed by atoms with E-state index in [9.17, 15) is 24.6 Å². The molecule has 5 rings (SSSR count). The number of hydrogen-bond donors (Lipinski definition) is 3. The van der Waals surface area contributed by atoms with Crippen molar-refractivity contribution >= 4 is 40.4 Å². The number of carboxylic acid groups (broad SMARTS) is 1. The number of hydrogen-bond acceptors (Lipinski definition) is 6. The molecule has 0 bridgehead atoms. The first-order chi connectivity index (χ1) is 17.8. The number of aromatic hydroxyl groups is 1. The molecular formula is C25H25ClN6O5. The van der Waals surface area contributed by atoms with Crippen LogP contribution in [0, 0.1) is 0 Å². The van der Waals surface area contributed by atoms with E-state index >= 15 is 0 Å². The third-order valence-electron chi connectivity index (χ3n) is 6.71. The molecule has 0 saturated carbocycles. The number of phenols is 1. The molecule has 2 aliphatic rings. The number of carbonyl (C=O) groups excluding carboxylic acids is 2. The first-order valence-corrected chi connectivity index (χ1v) is 12.0. The Hall–Kier alpha value is -4.09. The zero-order chi connectivity index (χ0) is 26.3. The highest BCUT2D eigenvalue weighted by atomic mass is 35.5. The Kier molecular flexibility index (Phi) is 6.48. The minimum atomic E-state index is -1.23. The van der Waals surface area contributed by atoms with Crippen molar-refractivity contribution in [2.45, 2.75) is 25.2 Å². The highest BCUT2D eigenvalue weighted by Crippen LogP contribution is 2.31. The molecule has 2 saturated heterocycles. The van der Waals surface area contributed by atoms with Crippen LogP contribution < -0.4 is 0 Å². The average Bonchev–Trinajstić information content (AvgIpc) is 3.24. The first-order valence-electron chi connectivity index (χ1n) is 11.7. The fourth-order valence-electron chi connectivity index (χ4n) is 5.08. The number of aromatic amines is 1. The zero-order valence-electron chi connectivity index (χ0n) is 19.7. The van der Waals surface area contributed by atoms with Crippen molar-refractivity contribution in [3.05, 3.63) is 71.4 Å². The van der Waals surface area contributed by atoms with Gasteiger partial charge < -0.3 is 20.0 Å². The molecule has 1 aromatic heterocycles. The normalized spacial score (nSPS) is 20.4. The summed E-state index contributed by atoms with van der Waals surface area (Å²) in [4.78, 5) is 42.5. The first kappa shape index (κ1) is 24.6. The van der Waals surface area contributed by atoms with E-state index in [-0.39, 0.29) is 50.2 Å². The molecule has 3 N–H and O–H groups in total. The summed E-state index contributed by atoms with van der Waals surface area (Å²) in [6.07, 6.45) is -0.477. The molecular weight excluding hydrogens is 500 g/mol. The van der Waals surface area contributed by atoms with E-state index in [4.69, 9.17) is 11.6 Å². The summed E-state index contributed by atoms with van der Waals surface area (Å²) in [7, 11) is 0. The maximum atomic E-state index is 13.9. The maximum Gasteiger partial charge on any atom is 0.424 e. The number of para-hydroxylation sites is 1. The summed E-state index contributed by atoms with van der Waals surface area (Å²) >= 11 is 6.20. The van der Waals surface area contributed by atoms with Crippen molar-refractivity contribution in [2.75, 3.05) is 19.6 Å². The van der Waals surface area contributed by atoms with E-state index < -0.39 is 18.3 Å². The highest BCUT2D eigenvalue weighted by Gasteiger charge is 2.51. The van der Waals surface area contributed by atoms with Crippen LogP contribution in [-0.4, -0.2) is 90.0 Å². The molecule has 0 spiro atoms. The van der Waals surface area contributed by atoms with Crippen molar-refractivity contribution in [3.8, 4) is 5.75 Å². The second-order valence-electron chi connectivity index (χ2n) is 9.00. The summed E-state index contributed by atoms with van der Waals surface area (Å²) in [5.74, 6) is -0.573. The van der Waals surface area contributed by atoms with Gasteiger partial charge >= 0.3 is 6.09 Å². The monoisotopic (exact) mass is 524 g/mol. The van der Waals surface area contributed by atoms with Crippen LogP contribution in [0.4, 0.5) is 4.79 Å². The Morgan fingerprint density at radius 3 is 2.68 bits per heavy atom. The number of phenolic OH excluding ortho intramolecular Hbond substituents is 1. The van der Waals surface area contributed by atoms with Crippen LogP contribution >= 0.6 is 11.6 Å². The molecule has 0 radical (unpaired) electrons. The third-order valence-corrected chi connectivity index (χ3v) is 7.00. The van der Waals surface area contributed by atoms with Gasteiger partial charge in [0.25, 0.3) is 0 Å². The van der Waals surface area contributed by atoms with E-state index in [1.54, 1.807) is 17.0 Å². The molecule has 0 unspecified atom stereocenters. The van der Waals surface area contributed by atoms with E-state index in [1.165, 1.54) is 28.1 Å². The van der Waals surface area contributed by atoms with Crippen LogP contribution in [0.2, 0.25) is 5.15 Å². The molecule has 12 heteroatoms. The molecule has 192 valence electrons. The number of halogens is 1. The number of piperazine rings is 1. The second-order valence-corrected chi connectivity index (χ2v) is 9.38. The minimum absolute atomic E-state index is 0.0227. The van der Waals surface area contributed by atoms with Crippen LogP contribution in [0.3, 0.4) is 0 Å². The number of fused-ring (bicyclic) bond motifs is 2. The van der Waals surface area contributed by atoms with Crippen molar-refractivity contribution in [2.24, 2.45) is 0 Å². The van der Waals surface area contributed by atoms with Crippen molar-refractivity contribution < 1.29 is 24.6 Å². The predicted molar refractivity (Wildman–Crippen MR) is 134 cm³/mol. The molecule has 2 atom stereocenters. The lowest BCUT2D eigenvalue weighted by Crippen LogP contribution is -2.75. The molecule has 11 nitrogen and oxygen atoms in total. The summed E-state index contributed by atoms with van der Waals surface area (Å²) < 4.78 is 0. The topological polar surface area (TPSA) is 133 Å². The predicted octanol–water partition coefficient (Wildman–Crippen LogP) is 2.43. The lowest BCUT2D eigenvalue weighted by Gasteiger charge is -2.54. The van der Waals surface area contributed by atoms with Gasteiger partial charge in [-0.05, 0) is 29.3 Å². The van der Waals surface area contributed by atoms with Crippen LogP contribution in [0.15, 0.2) is 55.1 Å². The van der Waals surface area contributed by atoms with Gasteiger partial charge in [0.1, 0.15) is 23.1 Å². The van der Waals surface area contributed by atoms with Gasteiger partial charge in [0.15, 0.2) is 0 Å². The molecule has 2 fully saturated rings. The fourth-order valence-corrected chi connectivity index (χ4v) is 5.28. The lowest BCUT2D eigenvalue weighted by atomic mass is 9.98. The number of hydrazine groups is 1. The van der Waals surface area contributed by atoms with Gasteiger partial charge in [0.2, 0.25) is 11.8 Å². The third kappa shape index (κ3) is 4.47. The van der Waals surface area contributed by atoms with Gasteiger partial charge in [0.05, 0.1) is 18.6 Å². The fraction of sp³-hybridized carbons (Fsp3) is 0.280. The summed E-state index contributed by atoms with van der Waals surface area (Å²) in [5, 5.41) is 30.4. The van der Waals surface area contributed by atoms with Gasteiger partial charge in [-0.2, -0.15) is 5.10 Å². The lowest BCUT2D eigenvalue weighted by molar-refractivity contribution is -0.192. The van der Waals surface area contributed by atoms with E-state index in [0.717, 1.165) is 16.1 Å². The Balaban J connectivity index is 1.54. The van der Waals surface area contributed by atoms with E-state index in [2.05, 4.69) is 16.8 Å². The zero-order valence-corrected chi connectivity index (χ0v) is 20.5. The molecule has 2 aliphatic heterocycles. The van der Waals surface area contributed by atoms with Gasteiger partial charge in [0, 0.05) is 24.9 Å². The number of H-pyrrole nitrogens is 1. The molecule has 3 aromatic rings. The summed E-state index contributed by atoms with van der Waals surface area (Å²) in [6.45, 7) is 3.77. The number of carbonyl (C=O) groups is 3. The number of aromatic nitrogens is 2. The van der Waals surface area contributed by atoms with Gasteiger partial charge in [-0.3, -0.25) is 14.7 Å². The standard InChI is InChI=1S/C25H25ClN6O5/c1-2-10-30-14-21(34)31-19(11-15-6-8-17(33)9-7-15)24(35)29(13-20(31)32(30)25(36)37)12-16-4-3-5-18-22(16)27-28-23(18)26/h2-9,19-20,33H,1,10-14H2,(H,27,28)(H,36,37)/t19-,20-/m0/s1. The van der Waals surface area contributed by atoms with E-state index in [0.29, 0.717) is 16.1 Å². The second kappa shape index (κ2) is 9.75. The number of benzene rings is 2. The van der Waals surface area contributed by atoms with E-state index in [1.807, 2.05) is 18.2 Å². The van der Waals surface area contributed by atoms with Crippen molar-refractivity contribution in [1.29, 1.82) is 0 Å². The highest BCUT2D eigenvalue weighted by molar-refractivity contribution is 6.34. The number of rotatable bonds is 6. The minimum Gasteiger partial charge on any atom is -0.508 e. The molecule has 3 heterocycles.